The van der Waals surface area contributed by atoms with Crippen molar-refractivity contribution in [3.8, 4) is 0 Å². The van der Waals surface area contributed by atoms with Gasteiger partial charge in [0.15, 0.2) is 0 Å². The molecule has 15 heavy (non-hydrogen) atoms. The molecule has 0 rings (SSSR count). The topological polar surface area (TPSA) is 32.3 Å². The highest BCUT2D eigenvalue weighted by Gasteiger charge is 2.12. The summed E-state index contributed by atoms with van der Waals surface area (Å²) in [6.07, 6.45) is 0. The van der Waals surface area contributed by atoms with Crippen molar-refractivity contribution < 1.29 is 6.22 Å². The second-order valence-electron chi connectivity index (χ2n) is 3.91. The van der Waals surface area contributed by atoms with E-state index in [4.69, 9.17) is 0 Å². The Kier molecular flexibility index (Phi) is 11.2. The van der Waals surface area contributed by atoms with Gasteiger partial charge in [-0.25, -0.2) is 0 Å². The Bertz CT molecular complexity index is 153. The number of carbonyl (C=O) groups excluding carboxylic acids is 1. The van der Waals surface area contributed by atoms with Gasteiger partial charge in [-0.2, -0.15) is 0 Å². The summed E-state index contributed by atoms with van der Waals surface area (Å²) in [4.78, 5) is 13.0. The van der Waals surface area contributed by atoms with Crippen molar-refractivity contribution in [1.82, 2.24) is 10.2 Å². The number of amides is 1. The molecule has 0 unspecified atom stereocenters. The Hall–Kier alpha value is -0.570. The molecule has 1 amide bonds. The van der Waals surface area contributed by atoms with Crippen molar-refractivity contribution in [3.05, 3.63) is 0 Å². The zero-order chi connectivity index (χ0) is 12.4. The smallest absolute Gasteiger partial charge is 0.216 e. The molecule has 3 heteroatoms. The first kappa shape index (κ1) is 16.8. The van der Waals surface area contributed by atoms with E-state index in [-0.39, 0.29) is 7.33 Å². The van der Waals surface area contributed by atoms with Gasteiger partial charge in [0.25, 0.3) is 0 Å². The fourth-order valence-corrected chi connectivity index (χ4v) is 1.47. The van der Waals surface area contributed by atoms with E-state index in [9.17, 15) is 4.79 Å². The first-order chi connectivity index (χ1) is 6.95. The van der Waals surface area contributed by atoms with Crippen molar-refractivity contribution in [3.63, 3.8) is 0 Å². The van der Waals surface area contributed by atoms with E-state index in [0.717, 1.165) is 13.1 Å². The Labute approximate surface area is 96.7 Å². The van der Waals surface area contributed by atoms with Crippen molar-refractivity contribution in [2.75, 3.05) is 13.1 Å². The fourth-order valence-electron chi connectivity index (χ4n) is 1.47. The van der Waals surface area contributed by atoms with Crippen LogP contribution < -0.4 is 5.32 Å². The summed E-state index contributed by atoms with van der Waals surface area (Å²) in [5.41, 5.74) is 0. The highest BCUT2D eigenvalue weighted by molar-refractivity contribution is 5.72. The molecule has 0 bridgehead atoms. The molecule has 0 aliphatic rings. The summed E-state index contributed by atoms with van der Waals surface area (Å²) in [6, 6.07) is 1.07. The van der Waals surface area contributed by atoms with Gasteiger partial charge in [0.05, 0.1) is 0 Å². The van der Waals surface area contributed by atoms with Crippen LogP contribution in [0.3, 0.4) is 0 Å². The molecular formula is C12H30N2O. The Balaban J connectivity index is -0.000000529. The molecule has 0 spiro atoms. The van der Waals surface area contributed by atoms with Gasteiger partial charge in [-0.1, -0.05) is 13.8 Å². The van der Waals surface area contributed by atoms with Gasteiger partial charge in [0, 0.05) is 33.5 Å². The lowest BCUT2D eigenvalue weighted by Gasteiger charge is -2.30. The highest BCUT2D eigenvalue weighted by atomic mass is 16.1. The van der Waals surface area contributed by atoms with E-state index in [2.05, 4.69) is 37.9 Å². The second kappa shape index (κ2) is 9.97. The molecule has 0 aromatic carbocycles. The van der Waals surface area contributed by atoms with Crippen LogP contribution in [0.4, 0.5) is 0 Å². The maximum absolute atomic E-state index is 10.6. The van der Waals surface area contributed by atoms with E-state index >= 15 is 0 Å². The predicted octanol–water partition coefficient (Wildman–Crippen LogP) is 2.51. The molecule has 94 valence electrons. The molecular weight excluding hydrogens is 188 g/mol. The average molecular weight is 218 g/mol. The fraction of sp³-hybridized carbons (Fsp3) is 0.917. The molecule has 0 saturated heterocycles. The summed E-state index contributed by atoms with van der Waals surface area (Å²) < 4.78 is 0. The molecule has 0 atom stereocenters. The molecule has 0 aliphatic carbocycles. The first-order valence-corrected chi connectivity index (χ1v) is 5.95. The van der Waals surface area contributed by atoms with E-state index in [1.165, 1.54) is 0 Å². The zero-order valence-corrected chi connectivity index (χ0v) is 11.4. The monoisotopic (exact) mass is 218 g/mol. The summed E-state index contributed by atoms with van der Waals surface area (Å²) in [5, 5.41) is 2.81. The third kappa shape index (κ3) is 9.73. The van der Waals surface area contributed by atoms with Crippen LogP contribution in [0.25, 0.3) is 0 Å². The third-order valence-corrected chi connectivity index (χ3v) is 2.07. The van der Waals surface area contributed by atoms with Crippen LogP contribution in [0, 0.1) is 0 Å². The molecule has 0 heterocycles. The zero-order valence-electron chi connectivity index (χ0n) is 11.4. The summed E-state index contributed by atoms with van der Waals surface area (Å²) in [7, 11) is 0. The molecule has 0 aliphatic heterocycles. The standard InChI is InChI=1S/C10H22N2O.C2H6.H2/c1-8(2)12(9(3)4)7-6-11-10(5)13;1-2;/h8-9H,6-7H2,1-5H3,(H,11,13);1-2H3;1H. The minimum absolute atomic E-state index is 0. The predicted molar refractivity (Wildman–Crippen MR) is 69.1 cm³/mol. The Morgan fingerprint density at radius 3 is 1.87 bits per heavy atom. The number of hydrogen-bond donors (Lipinski definition) is 1. The van der Waals surface area contributed by atoms with Gasteiger partial charge < -0.3 is 5.32 Å². The van der Waals surface area contributed by atoms with Gasteiger partial charge in [-0.05, 0) is 27.7 Å². The molecule has 0 fully saturated rings. The lowest BCUT2D eigenvalue weighted by atomic mass is 10.2. The minimum atomic E-state index is 0. The van der Waals surface area contributed by atoms with Crippen LogP contribution in [0.15, 0.2) is 0 Å². The quantitative estimate of drug-likeness (QED) is 0.769. The summed E-state index contributed by atoms with van der Waals surface area (Å²) >= 11 is 0. The minimum Gasteiger partial charge on any atom is -0.355 e. The van der Waals surface area contributed by atoms with E-state index < -0.39 is 0 Å². The first-order valence-electron chi connectivity index (χ1n) is 5.95. The third-order valence-electron chi connectivity index (χ3n) is 2.07. The average Bonchev–Trinajstić information content (AvgIpc) is 2.14. The molecule has 3 nitrogen and oxygen atoms in total. The van der Waals surface area contributed by atoms with Gasteiger partial charge in [0.1, 0.15) is 0 Å². The van der Waals surface area contributed by atoms with Crippen molar-refractivity contribution in [2.24, 2.45) is 0 Å². The van der Waals surface area contributed by atoms with E-state index in [1.54, 1.807) is 6.92 Å². The maximum Gasteiger partial charge on any atom is 0.216 e. The Morgan fingerprint density at radius 1 is 1.20 bits per heavy atom. The number of hydrogen-bond acceptors (Lipinski definition) is 2. The van der Waals surface area contributed by atoms with Gasteiger partial charge in [-0.3, -0.25) is 9.69 Å². The SMILES string of the molecule is CC.CC(=O)NCCN(C(C)C)C(C)C.[HH]. The number of nitrogens with zero attached hydrogens (tertiary/aromatic N) is 1. The van der Waals surface area contributed by atoms with Crippen molar-refractivity contribution >= 4 is 5.91 Å². The maximum atomic E-state index is 10.6. The van der Waals surface area contributed by atoms with Crippen LogP contribution in [0.2, 0.25) is 0 Å². The second-order valence-corrected chi connectivity index (χ2v) is 3.91. The number of rotatable bonds is 5. The van der Waals surface area contributed by atoms with Crippen molar-refractivity contribution in [2.45, 2.75) is 60.5 Å². The number of carbonyl (C=O) groups is 1. The molecule has 0 aromatic heterocycles. The van der Waals surface area contributed by atoms with Crippen molar-refractivity contribution in [1.29, 1.82) is 0 Å². The Morgan fingerprint density at radius 2 is 1.60 bits per heavy atom. The van der Waals surface area contributed by atoms with Gasteiger partial charge in [0.2, 0.25) is 5.91 Å². The molecule has 0 saturated carbocycles. The summed E-state index contributed by atoms with van der Waals surface area (Å²) in [5.74, 6) is 0.0486. The van der Waals surface area contributed by atoms with E-state index in [0.29, 0.717) is 12.1 Å². The van der Waals surface area contributed by atoms with E-state index in [1.807, 2.05) is 13.8 Å². The van der Waals surface area contributed by atoms with Crippen LogP contribution >= 0.6 is 0 Å². The van der Waals surface area contributed by atoms with Gasteiger partial charge in [-0.15, -0.1) is 0 Å². The van der Waals surface area contributed by atoms with Gasteiger partial charge >= 0.3 is 0 Å². The van der Waals surface area contributed by atoms with Crippen LogP contribution in [-0.4, -0.2) is 36.0 Å². The van der Waals surface area contributed by atoms with Crippen LogP contribution in [0.5, 0.6) is 0 Å². The molecule has 0 aromatic rings. The summed E-state index contributed by atoms with van der Waals surface area (Å²) in [6.45, 7) is 15.9. The lowest BCUT2D eigenvalue weighted by Crippen LogP contribution is -2.42. The highest BCUT2D eigenvalue weighted by Crippen LogP contribution is 2.02. The lowest BCUT2D eigenvalue weighted by molar-refractivity contribution is -0.119. The largest absolute Gasteiger partial charge is 0.355 e. The number of nitrogens with one attached hydrogen (secondary N) is 1. The van der Waals surface area contributed by atoms with Crippen LogP contribution in [-0.2, 0) is 4.79 Å². The van der Waals surface area contributed by atoms with Crippen LogP contribution in [0.1, 0.15) is 49.9 Å². The molecule has 0 radical (unpaired) electrons. The molecule has 1 N–H and O–H groups in total. The normalized spacial score (nSPS) is 10.3.